The van der Waals surface area contributed by atoms with Crippen molar-refractivity contribution in [2.24, 2.45) is 0 Å². The molecule has 0 radical (unpaired) electrons. The van der Waals surface area contributed by atoms with Gasteiger partial charge in [-0.15, -0.1) is 0 Å². The van der Waals surface area contributed by atoms with E-state index in [-0.39, 0.29) is 0 Å². The summed E-state index contributed by atoms with van der Waals surface area (Å²) in [5.41, 5.74) is 0.804. The van der Waals surface area contributed by atoms with Crippen molar-refractivity contribution in [1.82, 2.24) is 4.72 Å². The highest BCUT2D eigenvalue weighted by Crippen LogP contribution is 2.27. The maximum absolute atomic E-state index is 11.7. The molecule has 0 spiro atoms. The molecule has 1 heterocycles. The predicted octanol–water partition coefficient (Wildman–Crippen LogP) is 1.15. The van der Waals surface area contributed by atoms with E-state index in [1.165, 1.54) is 0 Å². The van der Waals surface area contributed by atoms with Crippen LogP contribution in [0.4, 0.5) is 5.69 Å². The second-order valence-electron chi connectivity index (χ2n) is 3.54. The van der Waals surface area contributed by atoms with Crippen LogP contribution in [0.3, 0.4) is 0 Å². The van der Waals surface area contributed by atoms with Crippen molar-refractivity contribution < 1.29 is 8.42 Å². The Labute approximate surface area is 90.0 Å². The number of rotatable bonds is 2. The van der Waals surface area contributed by atoms with E-state index in [4.69, 9.17) is 0 Å². The van der Waals surface area contributed by atoms with Gasteiger partial charge in [-0.05, 0) is 18.6 Å². The molecule has 1 aromatic carbocycles. The number of sulfonamides is 1. The van der Waals surface area contributed by atoms with Crippen LogP contribution in [-0.2, 0) is 10.0 Å². The lowest BCUT2D eigenvalue weighted by atomic mass is 10.3. The number of nitrogens with zero attached hydrogens (tertiary/aromatic N) is 1. The van der Waals surface area contributed by atoms with Crippen LogP contribution in [0.2, 0.25) is 0 Å². The molecule has 0 aromatic heterocycles. The van der Waals surface area contributed by atoms with Crippen LogP contribution in [0.1, 0.15) is 13.3 Å². The quantitative estimate of drug-likeness (QED) is 0.823. The Balaban J connectivity index is 2.49. The van der Waals surface area contributed by atoms with E-state index in [1.807, 2.05) is 17.0 Å². The molecule has 1 aliphatic rings. The van der Waals surface area contributed by atoms with E-state index in [0.717, 1.165) is 18.7 Å². The zero-order valence-corrected chi connectivity index (χ0v) is 9.42. The first-order valence-electron chi connectivity index (χ1n) is 4.99. The van der Waals surface area contributed by atoms with Gasteiger partial charge in [-0.1, -0.05) is 19.1 Å². The van der Waals surface area contributed by atoms with Gasteiger partial charge in [0.25, 0.3) is 0 Å². The van der Waals surface area contributed by atoms with Crippen LogP contribution in [0.5, 0.6) is 0 Å². The van der Waals surface area contributed by atoms with E-state index in [1.54, 1.807) is 12.1 Å². The minimum Gasteiger partial charge on any atom is -0.357 e. The molecule has 0 amide bonds. The summed E-state index contributed by atoms with van der Waals surface area (Å²) in [7, 11) is -3.28. The number of fused-ring (bicyclic) bond motifs is 1. The van der Waals surface area contributed by atoms with Crippen molar-refractivity contribution in [3.8, 4) is 0 Å². The number of benzene rings is 1. The fourth-order valence-corrected chi connectivity index (χ4v) is 2.95. The van der Waals surface area contributed by atoms with Gasteiger partial charge < -0.3 is 4.90 Å². The molecule has 0 saturated carbocycles. The summed E-state index contributed by atoms with van der Waals surface area (Å²) in [6, 6.07) is 7.10. The molecule has 4 nitrogen and oxygen atoms in total. The average Bonchev–Trinajstić information content (AvgIpc) is 2.23. The molecule has 0 aliphatic carbocycles. The predicted molar refractivity (Wildman–Crippen MR) is 59.3 cm³/mol. The number of hydrogen-bond donors (Lipinski definition) is 1. The third kappa shape index (κ3) is 1.85. The van der Waals surface area contributed by atoms with Gasteiger partial charge in [0, 0.05) is 6.54 Å². The first-order chi connectivity index (χ1) is 7.15. The van der Waals surface area contributed by atoms with E-state index in [0.29, 0.717) is 11.6 Å². The molecule has 0 atom stereocenters. The molecule has 5 heteroatoms. The topological polar surface area (TPSA) is 49.4 Å². The molecular weight excluding hydrogens is 212 g/mol. The fraction of sp³-hybridized carbons (Fsp3) is 0.400. The van der Waals surface area contributed by atoms with Crippen LogP contribution in [0, 0.1) is 0 Å². The number of nitrogens with one attached hydrogen (secondary N) is 1. The Bertz CT molecular complexity index is 456. The summed E-state index contributed by atoms with van der Waals surface area (Å²) in [6.07, 6.45) is 0.996. The summed E-state index contributed by atoms with van der Waals surface area (Å²) < 4.78 is 25.9. The Morgan fingerprint density at radius 3 is 2.87 bits per heavy atom. The molecule has 1 N–H and O–H groups in total. The lowest BCUT2D eigenvalue weighted by Gasteiger charge is -2.30. The van der Waals surface area contributed by atoms with Crippen LogP contribution in [0.15, 0.2) is 29.2 Å². The minimum absolute atomic E-state index is 0.368. The second kappa shape index (κ2) is 3.83. The first kappa shape index (κ1) is 10.4. The maximum Gasteiger partial charge on any atom is 0.244 e. The van der Waals surface area contributed by atoms with Crippen molar-refractivity contribution in [2.75, 3.05) is 18.1 Å². The van der Waals surface area contributed by atoms with Crippen LogP contribution < -0.4 is 9.62 Å². The zero-order valence-electron chi connectivity index (χ0n) is 8.60. The third-order valence-electron chi connectivity index (χ3n) is 2.43. The van der Waals surface area contributed by atoms with Gasteiger partial charge in [-0.2, -0.15) is 4.72 Å². The minimum atomic E-state index is -3.28. The van der Waals surface area contributed by atoms with Crippen LogP contribution in [-0.4, -0.2) is 21.6 Å². The van der Waals surface area contributed by atoms with Crippen molar-refractivity contribution in [3.63, 3.8) is 0 Å². The van der Waals surface area contributed by atoms with Crippen molar-refractivity contribution >= 4 is 15.7 Å². The summed E-state index contributed by atoms with van der Waals surface area (Å²) >= 11 is 0. The largest absolute Gasteiger partial charge is 0.357 e. The summed E-state index contributed by atoms with van der Waals surface area (Å²) in [5.74, 6) is 0. The Kier molecular flexibility index (Phi) is 2.67. The van der Waals surface area contributed by atoms with Gasteiger partial charge in [0.15, 0.2) is 0 Å². The van der Waals surface area contributed by atoms with Gasteiger partial charge in [0.05, 0.1) is 12.4 Å². The summed E-state index contributed by atoms with van der Waals surface area (Å²) in [4.78, 5) is 2.42. The van der Waals surface area contributed by atoms with E-state index in [9.17, 15) is 8.42 Å². The normalized spacial score (nSPS) is 18.6. The number of para-hydroxylation sites is 1. The SMILES string of the molecule is CCCN1CNS(=O)(=O)c2ccccc21. The fourth-order valence-electron chi connectivity index (χ4n) is 1.74. The second-order valence-corrected chi connectivity index (χ2v) is 5.27. The third-order valence-corrected chi connectivity index (χ3v) is 3.87. The summed E-state index contributed by atoms with van der Waals surface area (Å²) in [6.45, 7) is 3.30. The Morgan fingerprint density at radius 2 is 2.13 bits per heavy atom. The van der Waals surface area contributed by atoms with Gasteiger partial charge in [-0.25, -0.2) is 8.42 Å². The molecular formula is C10H14N2O2S. The van der Waals surface area contributed by atoms with Crippen molar-refractivity contribution in [2.45, 2.75) is 18.2 Å². The Hall–Kier alpha value is -1.07. The van der Waals surface area contributed by atoms with Crippen LogP contribution >= 0.6 is 0 Å². The molecule has 2 rings (SSSR count). The highest BCUT2D eigenvalue weighted by molar-refractivity contribution is 7.89. The van der Waals surface area contributed by atoms with Gasteiger partial charge in [0.1, 0.15) is 4.90 Å². The van der Waals surface area contributed by atoms with Crippen molar-refractivity contribution in [1.29, 1.82) is 0 Å². The van der Waals surface area contributed by atoms with E-state index >= 15 is 0 Å². The average molecular weight is 226 g/mol. The maximum atomic E-state index is 11.7. The molecule has 0 unspecified atom stereocenters. The van der Waals surface area contributed by atoms with Crippen LogP contribution in [0.25, 0.3) is 0 Å². The van der Waals surface area contributed by atoms with Gasteiger partial charge >= 0.3 is 0 Å². The van der Waals surface area contributed by atoms with E-state index in [2.05, 4.69) is 11.6 Å². The highest BCUT2D eigenvalue weighted by atomic mass is 32.2. The van der Waals surface area contributed by atoms with E-state index < -0.39 is 10.0 Å². The summed E-state index contributed by atoms with van der Waals surface area (Å²) in [5, 5.41) is 0. The molecule has 0 saturated heterocycles. The highest BCUT2D eigenvalue weighted by Gasteiger charge is 2.26. The first-order valence-corrected chi connectivity index (χ1v) is 6.47. The molecule has 0 fully saturated rings. The van der Waals surface area contributed by atoms with Crippen molar-refractivity contribution in [3.05, 3.63) is 24.3 Å². The molecule has 1 aromatic rings. The molecule has 82 valence electrons. The Morgan fingerprint density at radius 1 is 1.40 bits per heavy atom. The van der Waals surface area contributed by atoms with Gasteiger partial charge in [0.2, 0.25) is 10.0 Å². The zero-order chi connectivity index (χ0) is 10.9. The molecule has 1 aliphatic heterocycles. The molecule has 0 bridgehead atoms. The number of anilines is 1. The lowest BCUT2D eigenvalue weighted by Crippen LogP contribution is -2.43. The lowest BCUT2D eigenvalue weighted by molar-refractivity contribution is 0.570. The smallest absolute Gasteiger partial charge is 0.244 e. The number of hydrogen-bond acceptors (Lipinski definition) is 3. The van der Waals surface area contributed by atoms with Gasteiger partial charge in [-0.3, -0.25) is 0 Å². The standard InChI is InChI=1S/C10H14N2O2S/c1-2-7-12-8-11-15(13,14)10-6-4-3-5-9(10)12/h3-6,11H,2,7-8H2,1H3. The monoisotopic (exact) mass is 226 g/mol. The molecule has 15 heavy (non-hydrogen) atoms.